The summed E-state index contributed by atoms with van der Waals surface area (Å²) in [7, 11) is 0. The van der Waals surface area contributed by atoms with Crippen molar-refractivity contribution in [3.05, 3.63) is 238 Å². The second-order valence-electron chi connectivity index (χ2n) is 14.8. The molecule has 0 saturated heterocycles. The van der Waals surface area contributed by atoms with Gasteiger partial charge in [0.1, 0.15) is 0 Å². The Morgan fingerprint density at radius 3 is 0.821 bits per heavy atom. The van der Waals surface area contributed by atoms with Gasteiger partial charge in [0.2, 0.25) is 0 Å². The van der Waals surface area contributed by atoms with Crippen LogP contribution in [0.1, 0.15) is 84.2 Å². The Balaban J connectivity index is 0.000000166. The molecule has 4 unspecified atom stereocenters. The van der Waals surface area contributed by atoms with Crippen molar-refractivity contribution < 1.29 is 41.9 Å². The van der Waals surface area contributed by atoms with Crippen LogP contribution < -0.4 is 0 Å². The maximum absolute atomic E-state index is 2.51. The fourth-order valence-electron chi connectivity index (χ4n) is 9.11. The van der Waals surface area contributed by atoms with Gasteiger partial charge in [-0.3, -0.25) is 0 Å². The third-order valence-electron chi connectivity index (χ3n) is 11.8. The predicted octanol–water partition coefficient (Wildman–Crippen LogP) is 13.6. The smallest absolute Gasteiger partial charge is 0.147 e. The largest absolute Gasteiger partial charge is 0.147 e. The zero-order valence-corrected chi connectivity index (χ0v) is 40.6. The number of allylic oxidation sites excluding steroid dienone is 4. The van der Waals surface area contributed by atoms with Gasteiger partial charge in [-0.2, -0.15) is 0 Å². The fourth-order valence-corrected chi connectivity index (χ4v) is 35.1. The Hall–Kier alpha value is -3.66. The second kappa shape index (κ2) is 18.3. The quantitative estimate of drug-likeness (QED) is 0.146. The molecule has 4 heteroatoms. The Kier molecular flexibility index (Phi) is 13.2. The van der Waals surface area contributed by atoms with Crippen LogP contribution in [-0.2, 0) is 41.9 Å². The zero-order chi connectivity index (χ0) is 36.4. The van der Waals surface area contributed by atoms with Gasteiger partial charge < -0.3 is 0 Å². The molecule has 0 aliphatic heterocycles. The van der Waals surface area contributed by atoms with Crippen LogP contribution in [-0.4, -0.2) is 6.51 Å². The monoisotopic (exact) mass is 1100 g/mol. The molecule has 56 heavy (non-hydrogen) atoms. The summed E-state index contributed by atoms with van der Waals surface area (Å²) in [4.78, 5) is 0. The first-order valence-corrected chi connectivity index (χ1v) is 31.2. The van der Waals surface area contributed by atoms with Crippen molar-refractivity contribution in [1.29, 1.82) is 0 Å². The summed E-state index contributed by atoms with van der Waals surface area (Å²) in [5, 5.41) is 0. The molecule has 0 bridgehead atoms. The van der Waals surface area contributed by atoms with Gasteiger partial charge in [0.05, 0.1) is 0 Å². The van der Waals surface area contributed by atoms with Crippen LogP contribution in [0.2, 0.25) is 0 Å². The van der Waals surface area contributed by atoms with Crippen LogP contribution in [0.15, 0.2) is 182 Å². The summed E-state index contributed by atoms with van der Waals surface area (Å²) in [6.07, 6.45) is 19.5. The molecule has 0 nitrogen and oxygen atoms in total. The van der Waals surface area contributed by atoms with E-state index >= 15 is 0 Å². The normalized spacial score (nSPS) is 18.3. The maximum Gasteiger partial charge on any atom is -0.147 e. The molecule has 4 aliphatic carbocycles. The van der Waals surface area contributed by atoms with Crippen molar-refractivity contribution in [2.24, 2.45) is 0 Å². The van der Waals surface area contributed by atoms with Gasteiger partial charge in [0.15, 0.2) is 0 Å². The van der Waals surface area contributed by atoms with E-state index in [1.54, 1.807) is 28.8 Å². The summed E-state index contributed by atoms with van der Waals surface area (Å²) in [5.74, 6) is 0. The van der Waals surface area contributed by atoms with E-state index in [0.29, 0.717) is 14.7 Å². The Bertz CT molecular complexity index is 2240. The minimum absolute atomic E-state index is 0. The van der Waals surface area contributed by atoms with E-state index in [1.165, 1.54) is 33.4 Å². The van der Waals surface area contributed by atoms with E-state index in [0.717, 1.165) is 0 Å². The molecule has 0 amide bonds. The van der Waals surface area contributed by atoms with E-state index in [9.17, 15) is 0 Å². The topological polar surface area (TPSA) is 0 Å². The molecular weight excluding hydrogens is 1050 g/mol. The number of benzene rings is 6. The van der Waals surface area contributed by atoms with E-state index in [2.05, 4.69) is 220 Å². The second-order valence-corrected chi connectivity index (χ2v) is 35.6. The number of hydrogen-bond donors (Lipinski definition) is 0. The summed E-state index contributed by atoms with van der Waals surface area (Å²) < 4.78 is 5.83. The molecule has 0 N–H and O–H groups in total. The van der Waals surface area contributed by atoms with Crippen LogP contribution >= 0.6 is 24.8 Å². The van der Waals surface area contributed by atoms with Gasteiger partial charge in [-0.25, -0.2) is 0 Å². The molecule has 6 aromatic rings. The molecule has 0 radical (unpaired) electrons. The van der Waals surface area contributed by atoms with E-state index in [-0.39, 0.29) is 24.8 Å². The fraction of sp³-hybridized carbons (Fsp3) is 0.115. The molecule has 0 heterocycles. The van der Waals surface area contributed by atoms with Crippen LogP contribution in [0.4, 0.5) is 0 Å². The van der Waals surface area contributed by atoms with Crippen molar-refractivity contribution in [1.82, 2.24) is 0 Å². The van der Waals surface area contributed by atoms with Crippen molar-refractivity contribution in [3.63, 3.8) is 0 Å². The molecule has 0 fully saturated rings. The molecule has 6 aromatic carbocycles. The predicted molar refractivity (Wildman–Crippen MR) is 240 cm³/mol. The van der Waals surface area contributed by atoms with Gasteiger partial charge in [-0.1, -0.05) is 0 Å². The minimum atomic E-state index is -2.35. The molecular formula is C52H46Cl2Hf2. The van der Waals surface area contributed by atoms with Crippen molar-refractivity contribution in [2.45, 2.75) is 28.5 Å². The minimum Gasteiger partial charge on any atom is -0.147 e. The van der Waals surface area contributed by atoms with Crippen molar-refractivity contribution in [3.8, 4) is 0 Å². The molecule has 0 aromatic heterocycles. The number of hydrogen-bond acceptors (Lipinski definition) is 0. The molecule has 4 atom stereocenters. The van der Waals surface area contributed by atoms with Crippen molar-refractivity contribution in [2.75, 3.05) is 0 Å². The Morgan fingerprint density at radius 2 is 0.554 bits per heavy atom. The van der Waals surface area contributed by atoms with Gasteiger partial charge >= 0.3 is 339 Å². The summed E-state index contributed by atoms with van der Waals surface area (Å²) in [5.41, 5.74) is 14.7. The summed E-state index contributed by atoms with van der Waals surface area (Å²) in [6.45, 7) is 4.84. The van der Waals surface area contributed by atoms with Crippen LogP contribution in [0.25, 0.3) is 24.3 Å². The number of fused-ring (bicyclic) bond motifs is 4. The van der Waals surface area contributed by atoms with Crippen LogP contribution in [0.5, 0.6) is 0 Å². The first-order chi connectivity index (χ1) is 26.7. The molecule has 0 spiro atoms. The third kappa shape index (κ3) is 7.93. The summed E-state index contributed by atoms with van der Waals surface area (Å²) >= 11 is -4.70. The Morgan fingerprint density at radius 1 is 0.321 bits per heavy atom. The van der Waals surface area contributed by atoms with E-state index in [4.69, 9.17) is 0 Å². The van der Waals surface area contributed by atoms with Crippen molar-refractivity contribution >= 4 is 55.6 Å². The zero-order valence-electron chi connectivity index (χ0n) is 31.8. The van der Waals surface area contributed by atoms with Gasteiger partial charge in [-0.15, -0.1) is 24.8 Å². The van der Waals surface area contributed by atoms with Crippen LogP contribution in [0, 0.1) is 0 Å². The average molecular weight is 1100 g/mol. The standard InChI is InChI=1S/4C9H7.2C8H8.2ClH.2Hf/c4*1-2-5-9-7-3-6-8(9)4-1;2*1-2-8-6-4-3-5-7-8;;;;/h4*1-7H;2*3-7H,1H3;2*1H;;. The Labute approximate surface area is 360 Å². The summed E-state index contributed by atoms with van der Waals surface area (Å²) in [6, 6.07) is 58.1. The van der Waals surface area contributed by atoms with Gasteiger partial charge in [0.25, 0.3) is 0 Å². The third-order valence-corrected chi connectivity index (χ3v) is 37.0. The maximum atomic E-state index is 2.51. The number of rotatable bonds is 6. The molecule has 276 valence electrons. The van der Waals surface area contributed by atoms with Gasteiger partial charge in [0, 0.05) is 0 Å². The van der Waals surface area contributed by atoms with E-state index < -0.39 is 41.9 Å². The van der Waals surface area contributed by atoms with E-state index in [1.807, 2.05) is 0 Å². The first kappa shape index (κ1) is 40.5. The van der Waals surface area contributed by atoms with Gasteiger partial charge in [-0.05, 0) is 0 Å². The number of halogens is 2. The average Bonchev–Trinajstić information content (AvgIpc) is 4.06. The first-order valence-electron chi connectivity index (χ1n) is 19.3. The molecule has 10 rings (SSSR count). The molecule has 0 saturated carbocycles. The van der Waals surface area contributed by atoms with Crippen LogP contribution in [0.3, 0.4) is 0 Å². The SMILES string of the molecule is C[C](c1ccccc1)=[Hf]([CH]1C=Cc2ccccc21)[CH]1C=Cc2ccccc21.C[C](c1ccccc1)=[Hf]([CH]1C=Cc2ccccc21)[CH]1C=Cc2ccccc21.Cl.Cl. The molecule has 4 aliphatic rings.